The van der Waals surface area contributed by atoms with Crippen molar-refractivity contribution in [1.29, 1.82) is 0 Å². The molecule has 17 heavy (non-hydrogen) atoms. The molecule has 0 spiro atoms. The minimum atomic E-state index is 0. The van der Waals surface area contributed by atoms with Crippen molar-refractivity contribution in [2.24, 2.45) is 5.73 Å². The van der Waals surface area contributed by atoms with Crippen molar-refractivity contribution in [3.05, 3.63) is 11.7 Å². The number of halogens is 1. The molecule has 0 aliphatic heterocycles. The molecule has 2 atom stereocenters. The monoisotopic (exact) mass is 259 g/mol. The Kier molecular flexibility index (Phi) is 5.40. The van der Waals surface area contributed by atoms with Crippen LogP contribution in [0, 0.1) is 0 Å². The fourth-order valence-electron chi connectivity index (χ4n) is 2.18. The quantitative estimate of drug-likeness (QED) is 0.906. The van der Waals surface area contributed by atoms with Gasteiger partial charge < -0.3 is 10.3 Å². The Labute approximate surface area is 109 Å². The van der Waals surface area contributed by atoms with Gasteiger partial charge in [0, 0.05) is 12.0 Å². The van der Waals surface area contributed by atoms with Crippen LogP contribution in [0.2, 0.25) is 0 Å². The minimum absolute atomic E-state index is 0. The van der Waals surface area contributed by atoms with Crippen molar-refractivity contribution in [2.75, 3.05) is 0 Å². The van der Waals surface area contributed by atoms with Gasteiger partial charge in [-0.25, -0.2) is 0 Å². The summed E-state index contributed by atoms with van der Waals surface area (Å²) in [7, 11) is 0. The summed E-state index contributed by atoms with van der Waals surface area (Å²) in [4.78, 5) is 4.50. The van der Waals surface area contributed by atoms with E-state index in [0.29, 0.717) is 11.8 Å². The highest BCUT2D eigenvalue weighted by Gasteiger charge is 2.23. The number of nitrogens with zero attached hydrogens (tertiary/aromatic N) is 2. The molecule has 0 aromatic carbocycles. The average molecular weight is 260 g/mol. The van der Waals surface area contributed by atoms with E-state index in [9.17, 15) is 0 Å². The summed E-state index contributed by atoms with van der Waals surface area (Å²) in [5.74, 6) is 2.23. The number of hydrogen-bond acceptors (Lipinski definition) is 4. The Morgan fingerprint density at radius 2 is 1.88 bits per heavy atom. The van der Waals surface area contributed by atoms with Crippen LogP contribution in [0.15, 0.2) is 4.52 Å². The van der Waals surface area contributed by atoms with Crippen LogP contribution < -0.4 is 5.73 Å². The van der Waals surface area contributed by atoms with E-state index in [4.69, 9.17) is 10.3 Å². The van der Waals surface area contributed by atoms with Crippen LogP contribution in [0.4, 0.5) is 0 Å². The Balaban J connectivity index is 0.00000144. The second kappa shape index (κ2) is 6.36. The molecule has 2 rings (SSSR count). The largest absolute Gasteiger partial charge is 0.339 e. The first-order valence-electron chi connectivity index (χ1n) is 6.27. The zero-order chi connectivity index (χ0) is 11.5. The molecule has 0 bridgehead atoms. The maximum Gasteiger partial charge on any atom is 0.231 e. The van der Waals surface area contributed by atoms with Crippen LogP contribution in [0.5, 0.6) is 0 Å². The van der Waals surface area contributed by atoms with Crippen LogP contribution in [-0.4, -0.2) is 16.2 Å². The van der Waals surface area contributed by atoms with Gasteiger partial charge in [0.1, 0.15) is 0 Å². The van der Waals surface area contributed by atoms with E-state index in [0.717, 1.165) is 5.82 Å². The van der Waals surface area contributed by atoms with Crippen molar-refractivity contribution >= 4 is 12.4 Å². The maximum absolute atomic E-state index is 5.83. The third-order valence-electron chi connectivity index (χ3n) is 3.61. The summed E-state index contributed by atoms with van der Waals surface area (Å²) >= 11 is 0. The zero-order valence-corrected chi connectivity index (χ0v) is 11.4. The van der Waals surface area contributed by atoms with E-state index in [2.05, 4.69) is 10.1 Å². The summed E-state index contributed by atoms with van der Waals surface area (Å²) < 4.78 is 5.30. The van der Waals surface area contributed by atoms with Gasteiger partial charge in [-0.15, -0.1) is 12.4 Å². The number of aromatic nitrogens is 2. The Morgan fingerprint density at radius 1 is 1.24 bits per heavy atom. The number of nitrogens with two attached hydrogens (primary N) is 1. The lowest BCUT2D eigenvalue weighted by molar-refractivity contribution is 0.335. The molecule has 1 saturated carbocycles. The summed E-state index contributed by atoms with van der Waals surface area (Å²) in [6.07, 6.45) is 6.32. The predicted molar refractivity (Wildman–Crippen MR) is 69.4 cm³/mol. The lowest BCUT2D eigenvalue weighted by atomic mass is 9.89. The lowest BCUT2D eigenvalue weighted by Gasteiger charge is -2.17. The zero-order valence-electron chi connectivity index (χ0n) is 10.6. The molecule has 0 saturated heterocycles. The molecule has 1 aromatic rings. The first-order chi connectivity index (χ1) is 7.68. The van der Waals surface area contributed by atoms with Gasteiger partial charge in [0.2, 0.25) is 5.89 Å². The summed E-state index contributed by atoms with van der Waals surface area (Å²) in [6.45, 7) is 4.00. The van der Waals surface area contributed by atoms with Crippen molar-refractivity contribution in [3.8, 4) is 0 Å². The van der Waals surface area contributed by atoms with E-state index in [1.165, 1.54) is 32.1 Å². The summed E-state index contributed by atoms with van der Waals surface area (Å²) in [5.41, 5.74) is 5.83. The SMILES string of the molecule is CC(N)C(C)c1nc(C2CCCCC2)no1.Cl. The summed E-state index contributed by atoms with van der Waals surface area (Å²) in [5, 5.41) is 4.10. The van der Waals surface area contributed by atoms with E-state index < -0.39 is 0 Å². The van der Waals surface area contributed by atoms with Gasteiger partial charge in [-0.3, -0.25) is 0 Å². The van der Waals surface area contributed by atoms with E-state index in [1.807, 2.05) is 13.8 Å². The predicted octanol–water partition coefficient (Wildman–Crippen LogP) is 2.99. The Bertz CT molecular complexity index is 334. The molecule has 0 radical (unpaired) electrons. The number of rotatable bonds is 3. The minimum Gasteiger partial charge on any atom is -0.339 e. The molecule has 1 heterocycles. The third-order valence-corrected chi connectivity index (χ3v) is 3.61. The third kappa shape index (κ3) is 3.42. The highest BCUT2D eigenvalue weighted by Crippen LogP contribution is 2.31. The molecule has 4 nitrogen and oxygen atoms in total. The number of hydrogen-bond donors (Lipinski definition) is 1. The summed E-state index contributed by atoms with van der Waals surface area (Å²) in [6, 6.07) is 0.0552. The molecule has 0 amide bonds. The van der Waals surface area contributed by atoms with Gasteiger partial charge in [0.15, 0.2) is 5.82 Å². The molecule has 98 valence electrons. The average Bonchev–Trinajstić information content (AvgIpc) is 2.78. The van der Waals surface area contributed by atoms with E-state index in [1.54, 1.807) is 0 Å². The first kappa shape index (κ1) is 14.5. The fraction of sp³-hybridized carbons (Fsp3) is 0.833. The molecule has 1 aliphatic carbocycles. The van der Waals surface area contributed by atoms with Crippen LogP contribution in [0.25, 0.3) is 0 Å². The smallest absolute Gasteiger partial charge is 0.231 e. The fourth-order valence-corrected chi connectivity index (χ4v) is 2.18. The topological polar surface area (TPSA) is 64.9 Å². The molecule has 2 N–H and O–H groups in total. The second-order valence-electron chi connectivity index (χ2n) is 4.97. The van der Waals surface area contributed by atoms with Crippen molar-refractivity contribution in [3.63, 3.8) is 0 Å². The van der Waals surface area contributed by atoms with E-state index in [-0.39, 0.29) is 24.4 Å². The van der Waals surface area contributed by atoms with Crippen molar-refractivity contribution in [1.82, 2.24) is 10.1 Å². The Morgan fingerprint density at radius 3 is 2.47 bits per heavy atom. The van der Waals surface area contributed by atoms with Gasteiger partial charge in [0.05, 0.1) is 5.92 Å². The van der Waals surface area contributed by atoms with E-state index >= 15 is 0 Å². The van der Waals surface area contributed by atoms with Gasteiger partial charge in [-0.05, 0) is 19.8 Å². The van der Waals surface area contributed by atoms with Crippen molar-refractivity contribution < 1.29 is 4.52 Å². The molecule has 1 aromatic heterocycles. The maximum atomic E-state index is 5.83. The van der Waals surface area contributed by atoms with Gasteiger partial charge in [0.25, 0.3) is 0 Å². The molecule has 1 aliphatic rings. The van der Waals surface area contributed by atoms with Gasteiger partial charge in [-0.2, -0.15) is 4.98 Å². The lowest BCUT2D eigenvalue weighted by Crippen LogP contribution is -2.22. The van der Waals surface area contributed by atoms with Crippen LogP contribution in [-0.2, 0) is 0 Å². The van der Waals surface area contributed by atoms with Crippen LogP contribution >= 0.6 is 12.4 Å². The first-order valence-corrected chi connectivity index (χ1v) is 6.27. The second-order valence-corrected chi connectivity index (χ2v) is 4.97. The normalized spacial score (nSPS) is 20.6. The highest BCUT2D eigenvalue weighted by atomic mass is 35.5. The van der Waals surface area contributed by atoms with Crippen LogP contribution in [0.1, 0.15) is 69.5 Å². The van der Waals surface area contributed by atoms with Gasteiger partial charge >= 0.3 is 0 Å². The highest BCUT2D eigenvalue weighted by molar-refractivity contribution is 5.85. The molecule has 5 heteroatoms. The van der Waals surface area contributed by atoms with Gasteiger partial charge in [-0.1, -0.05) is 31.3 Å². The Hall–Kier alpha value is -0.610. The molecule has 2 unspecified atom stereocenters. The standard InChI is InChI=1S/C12H21N3O.ClH/c1-8(9(2)13)12-14-11(15-16-12)10-6-4-3-5-7-10;/h8-10H,3-7,13H2,1-2H3;1H. The van der Waals surface area contributed by atoms with Crippen molar-refractivity contribution in [2.45, 2.75) is 63.8 Å². The van der Waals surface area contributed by atoms with Crippen LogP contribution in [0.3, 0.4) is 0 Å². The molecular formula is C12H22ClN3O. The molecular weight excluding hydrogens is 238 g/mol. The molecule has 1 fully saturated rings.